The van der Waals surface area contributed by atoms with Crippen LogP contribution in [0.25, 0.3) is 0 Å². The van der Waals surface area contributed by atoms with E-state index in [1.165, 1.54) is 12.1 Å². The lowest BCUT2D eigenvalue weighted by Gasteiger charge is -2.15. The van der Waals surface area contributed by atoms with Gasteiger partial charge in [0.25, 0.3) is 5.69 Å². The van der Waals surface area contributed by atoms with Crippen molar-refractivity contribution in [3.05, 3.63) is 110 Å². The normalized spacial score (nSPS) is 13.4. The number of nitro benzene ring substituents is 2. The molecule has 1 atom stereocenters. The lowest BCUT2D eigenvalue weighted by molar-refractivity contribution is -0.394. The molecule has 0 saturated heterocycles. The SMILES string of the molecule is O=[N+]([O-])c1ccc(OCC(C=C2C=CC=C2)c2ccccc2)c([N+](=O)[O-])c1. The number of rotatable bonds is 7. The van der Waals surface area contributed by atoms with Gasteiger partial charge in [-0.2, -0.15) is 0 Å². The molecule has 0 bridgehead atoms. The Balaban J connectivity index is 1.86. The molecule has 0 spiro atoms. The molecule has 2 aromatic rings. The zero-order valence-electron chi connectivity index (χ0n) is 14.2. The zero-order chi connectivity index (χ0) is 19.2. The summed E-state index contributed by atoms with van der Waals surface area (Å²) in [7, 11) is 0. The van der Waals surface area contributed by atoms with Crippen LogP contribution in [-0.2, 0) is 0 Å². The fraction of sp³-hybridized carbons (Fsp3) is 0.100. The molecule has 7 heteroatoms. The second kappa shape index (κ2) is 8.09. The summed E-state index contributed by atoms with van der Waals surface area (Å²) in [5.74, 6) is -0.133. The van der Waals surface area contributed by atoms with Crippen LogP contribution in [-0.4, -0.2) is 16.5 Å². The standard InChI is InChI=1S/C20H16N2O5/c23-21(24)18-10-11-20(19(13-18)22(25)26)27-14-17(12-15-6-4-5-7-15)16-8-2-1-3-9-16/h1-13,17H,14H2. The highest BCUT2D eigenvalue weighted by Crippen LogP contribution is 2.32. The van der Waals surface area contributed by atoms with Crippen molar-refractivity contribution in [1.82, 2.24) is 0 Å². The summed E-state index contributed by atoms with van der Waals surface area (Å²) in [5, 5.41) is 22.1. The monoisotopic (exact) mass is 364 g/mol. The van der Waals surface area contributed by atoms with E-state index in [9.17, 15) is 20.2 Å². The predicted molar refractivity (Wildman–Crippen MR) is 101 cm³/mol. The average Bonchev–Trinajstić information content (AvgIpc) is 3.18. The number of nitro groups is 2. The third-order valence-corrected chi connectivity index (χ3v) is 4.08. The minimum Gasteiger partial charge on any atom is -0.486 e. The second-order valence-corrected chi connectivity index (χ2v) is 5.88. The van der Waals surface area contributed by atoms with Gasteiger partial charge in [0.15, 0.2) is 5.75 Å². The molecule has 0 N–H and O–H groups in total. The van der Waals surface area contributed by atoms with Crippen molar-refractivity contribution in [3.63, 3.8) is 0 Å². The van der Waals surface area contributed by atoms with Crippen molar-refractivity contribution in [3.8, 4) is 5.75 Å². The lowest BCUT2D eigenvalue weighted by atomic mass is 9.97. The topological polar surface area (TPSA) is 95.5 Å². The summed E-state index contributed by atoms with van der Waals surface area (Å²) in [6, 6.07) is 13.0. The van der Waals surface area contributed by atoms with Gasteiger partial charge >= 0.3 is 5.69 Å². The molecule has 0 radical (unpaired) electrons. The molecule has 0 fully saturated rings. The molecule has 7 nitrogen and oxygen atoms in total. The molecular weight excluding hydrogens is 348 g/mol. The van der Waals surface area contributed by atoms with Gasteiger partial charge in [-0.25, -0.2) is 0 Å². The molecule has 27 heavy (non-hydrogen) atoms. The largest absolute Gasteiger partial charge is 0.486 e. The highest BCUT2D eigenvalue weighted by molar-refractivity contribution is 5.53. The van der Waals surface area contributed by atoms with E-state index in [0.29, 0.717) is 0 Å². The highest BCUT2D eigenvalue weighted by atomic mass is 16.6. The van der Waals surface area contributed by atoms with Gasteiger partial charge in [-0.3, -0.25) is 20.2 Å². The number of hydrogen-bond donors (Lipinski definition) is 0. The summed E-state index contributed by atoms with van der Waals surface area (Å²) in [6.45, 7) is 0.161. The Hall–Kier alpha value is -3.74. The minimum absolute atomic E-state index is 0.00226. The Morgan fingerprint density at radius 1 is 0.963 bits per heavy atom. The van der Waals surface area contributed by atoms with E-state index in [1.807, 2.05) is 60.7 Å². The summed E-state index contributed by atoms with van der Waals surface area (Å²) >= 11 is 0. The molecule has 0 aliphatic heterocycles. The molecular formula is C20H16N2O5. The first-order valence-corrected chi connectivity index (χ1v) is 8.22. The van der Waals surface area contributed by atoms with E-state index in [1.54, 1.807) is 0 Å². The quantitative estimate of drug-likeness (QED) is 0.523. The van der Waals surface area contributed by atoms with Crippen molar-refractivity contribution in [2.24, 2.45) is 0 Å². The molecule has 1 unspecified atom stereocenters. The van der Waals surface area contributed by atoms with Gasteiger partial charge in [-0.15, -0.1) is 0 Å². The van der Waals surface area contributed by atoms with Crippen LogP contribution in [0.4, 0.5) is 11.4 Å². The second-order valence-electron chi connectivity index (χ2n) is 5.88. The Kier molecular flexibility index (Phi) is 5.41. The Morgan fingerprint density at radius 3 is 2.30 bits per heavy atom. The summed E-state index contributed by atoms with van der Waals surface area (Å²) in [4.78, 5) is 20.8. The van der Waals surface area contributed by atoms with Crippen LogP contribution in [0.3, 0.4) is 0 Å². The van der Waals surface area contributed by atoms with Gasteiger partial charge in [-0.05, 0) is 17.2 Å². The molecule has 0 amide bonds. The van der Waals surface area contributed by atoms with Gasteiger partial charge in [-0.1, -0.05) is 60.7 Å². The van der Waals surface area contributed by atoms with E-state index in [4.69, 9.17) is 4.74 Å². The number of nitrogens with zero attached hydrogens (tertiary/aromatic N) is 2. The van der Waals surface area contributed by atoms with E-state index < -0.39 is 15.5 Å². The molecule has 136 valence electrons. The van der Waals surface area contributed by atoms with Crippen LogP contribution >= 0.6 is 0 Å². The van der Waals surface area contributed by atoms with E-state index in [2.05, 4.69) is 0 Å². The Bertz CT molecular complexity index is 934. The predicted octanol–water partition coefficient (Wildman–Crippen LogP) is 4.72. The van der Waals surface area contributed by atoms with Gasteiger partial charge in [0.1, 0.15) is 0 Å². The Labute approximate surface area is 155 Å². The van der Waals surface area contributed by atoms with Gasteiger partial charge in [0.2, 0.25) is 0 Å². The molecule has 1 aliphatic carbocycles. The number of allylic oxidation sites excluding steroid dienone is 5. The first-order valence-electron chi connectivity index (χ1n) is 8.22. The van der Waals surface area contributed by atoms with E-state index in [-0.39, 0.29) is 24.0 Å². The van der Waals surface area contributed by atoms with E-state index >= 15 is 0 Å². The van der Waals surface area contributed by atoms with Crippen molar-refractivity contribution in [2.75, 3.05) is 6.61 Å². The zero-order valence-corrected chi connectivity index (χ0v) is 14.2. The molecule has 2 aromatic carbocycles. The van der Waals surface area contributed by atoms with Crippen LogP contribution < -0.4 is 4.74 Å². The van der Waals surface area contributed by atoms with Crippen molar-refractivity contribution < 1.29 is 14.6 Å². The molecule has 3 rings (SSSR count). The summed E-state index contributed by atoms with van der Waals surface area (Å²) in [5.41, 5.74) is 1.25. The third-order valence-electron chi connectivity index (χ3n) is 4.08. The van der Waals surface area contributed by atoms with Crippen molar-refractivity contribution in [2.45, 2.75) is 5.92 Å². The highest BCUT2D eigenvalue weighted by Gasteiger charge is 2.22. The van der Waals surface area contributed by atoms with Crippen molar-refractivity contribution >= 4 is 11.4 Å². The summed E-state index contributed by atoms with van der Waals surface area (Å²) in [6.07, 6.45) is 9.80. The van der Waals surface area contributed by atoms with Gasteiger partial charge < -0.3 is 4.74 Å². The smallest absolute Gasteiger partial charge is 0.317 e. The number of non-ortho nitro benzene ring substituents is 1. The van der Waals surface area contributed by atoms with Crippen LogP contribution in [0.2, 0.25) is 0 Å². The molecule has 0 aromatic heterocycles. The number of ether oxygens (including phenoxy) is 1. The maximum absolute atomic E-state index is 11.3. The van der Waals surface area contributed by atoms with E-state index in [0.717, 1.165) is 17.2 Å². The third kappa shape index (κ3) is 4.46. The number of hydrogen-bond acceptors (Lipinski definition) is 5. The van der Waals surface area contributed by atoms with Gasteiger partial charge in [0.05, 0.1) is 22.5 Å². The number of benzene rings is 2. The molecule has 0 saturated carbocycles. The Morgan fingerprint density at radius 2 is 1.67 bits per heavy atom. The van der Waals surface area contributed by atoms with Gasteiger partial charge in [0, 0.05) is 12.0 Å². The van der Waals surface area contributed by atoms with Crippen LogP contribution in [0, 0.1) is 20.2 Å². The molecule has 0 heterocycles. The fourth-order valence-electron chi connectivity index (χ4n) is 2.74. The lowest BCUT2D eigenvalue weighted by Crippen LogP contribution is -2.10. The van der Waals surface area contributed by atoms with Crippen LogP contribution in [0.15, 0.2) is 84.5 Å². The molecule has 1 aliphatic rings. The minimum atomic E-state index is -0.680. The van der Waals surface area contributed by atoms with Crippen LogP contribution in [0.5, 0.6) is 5.75 Å². The first-order chi connectivity index (χ1) is 13.0. The average molecular weight is 364 g/mol. The summed E-state index contributed by atoms with van der Waals surface area (Å²) < 4.78 is 5.70. The van der Waals surface area contributed by atoms with Crippen LogP contribution in [0.1, 0.15) is 11.5 Å². The van der Waals surface area contributed by atoms with Crippen molar-refractivity contribution in [1.29, 1.82) is 0 Å². The maximum atomic E-state index is 11.3. The maximum Gasteiger partial charge on any atom is 0.317 e. The first kappa shape index (κ1) is 18.1. The fourth-order valence-corrected chi connectivity index (χ4v) is 2.74.